The topological polar surface area (TPSA) is 38.8 Å². The van der Waals surface area contributed by atoms with Crippen LogP contribution in [0, 0.1) is 5.92 Å². The molecule has 0 heterocycles. The summed E-state index contributed by atoms with van der Waals surface area (Å²) in [5, 5.41) is 1.40. The third-order valence-corrected chi connectivity index (χ3v) is 10.5. The van der Waals surface area contributed by atoms with Crippen molar-refractivity contribution >= 4 is 46.1 Å². The Bertz CT molecular complexity index is 538. The van der Waals surface area contributed by atoms with Crippen molar-refractivity contribution in [3.8, 4) is 0 Å². The minimum Gasteiger partial charge on any atom is -0.413 e. The molecule has 0 bridgehead atoms. The maximum Gasteiger partial charge on any atom is 0.251 e. The number of hydroxylamine groups is 2. The SMILES string of the molecule is CON(C)C(=O)[C@H](C)[C@H](CC/C(C)=C/CC=C(Br)Br)O[Si](C)(C)C(C)(C)C. The first-order valence-corrected chi connectivity index (χ1v) is 13.9. The fraction of sp³-hybridized carbons (Fsp3) is 0.750. The number of amides is 1. The van der Waals surface area contributed by atoms with E-state index in [-0.39, 0.29) is 23.0 Å². The number of carbonyl (C=O) groups is 1. The van der Waals surface area contributed by atoms with Crippen molar-refractivity contribution in [2.45, 2.75) is 78.1 Å². The molecule has 0 aromatic carbocycles. The summed E-state index contributed by atoms with van der Waals surface area (Å²) in [6.45, 7) is 15.2. The first-order chi connectivity index (χ1) is 12.2. The lowest BCUT2D eigenvalue weighted by Crippen LogP contribution is -2.48. The van der Waals surface area contributed by atoms with Gasteiger partial charge in [-0.3, -0.25) is 9.63 Å². The van der Waals surface area contributed by atoms with Crippen LogP contribution in [0.4, 0.5) is 0 Å². The summed E-state index contributed by atoms with van der Waals surface area (Å²) in [5.74, 6) is -0.303. The van der Waals surface area contributed by atoms with E-state index < -0.39 is 8.32 Å². The van der Waals surface area contributed by atoms with Gasteiger partial charge in [0.05, 0.1) is 22.5 Å². The molecule has 0 saturated heterocycles. The summed E-state index contributed by atoms with van der Waals surface area (Å²) in [5.41, 5.74) is 1.30. The molecule has 158 valence electrons. The molecule has 0 aliphatic heterocycles. The van der Waals surface area contributed by atoms with Crippen LogP contribution in [0.2, 0.25) is 18.1 Å². The van der Waals surface area contributed by atoms with Gasteiger partial charge in [-0.1, -0.05) is 45.4 Å². The average Bonchev–Trinajstić information content (AvgIpc) is 2.54. The molecule has 7 heteroatoms. The Morgan fingerprint density at radius 3 is 2.22 bits per heavy atom. The summed E-state index contributed by atoms with van der Waals surface area (Å²) < 4.78 is 7.61. The number of halogens is 2. The minimum absolute atomic E-state index is 0.0472. The normalized spacial score (nSPS) is 15.3. The zero-order valence-electron chi connectivity index (χ0n) is 18.4. The number of nitrogens with zero attached hydrogens (tertiary/aromatic N) is 1. The van der Waals surface area contributed by atoms with Gasteiger partial charge in [0, 0.05) is 7.05 Å². The maximum atomic E-state index is 12.6. The predicted molar refractivity (Wildman–Crippen MR) is 125 cm³/mol. The zero-order valence-corrected chi connectivity index (χ0v) is 22.5. The summed E-state index contributed by atoms with van der Waals surface area (Å²) in [6.07, 6.45) is 6.73. The van der Waals surface area contributed by atoms with Crippen LogP contribution < -0.4 is 0 Å². The van der Waals surface area contributed by atoms with E-state index in [1.54, 1.807) is 7.05 Å². The number of allylic oxidation sites excluding steroid dienone is 3. The highest BCUT2D eigenvalue weighted by Gasteiger charge is 2.41. The van der Waals surface area contributed by atoms with Crippen molar-refractivity contribution in [2.75, 3.05) is 14.2 Å². The first kappa shape index (κ1) is 27.0. The van der Waals surface area contributed by atoms with Crippen LogP contribution in [-0.4, -0.2) is 39.5 Å². The Labute approximate surface area is 184 Å². The van der Waals surface area contributed by atoms with E-state index in [1.165, 1.54) is 17.7 Å². The van der Waals surface area contributed by atoms with Crippen molar-refractivity contribution < 1.29 is 14.1 Å². The summed E-state index contributed by atoms with van der Waals surface area (Å²) >= 11 is 6.75. The summed E-state index contributed by atoms with van der Waals surface area (Å²) in [7, 11) is 1.17. The largest absolute Gasteiger partial charge is 0.413 e. The smallest absolute Gasteiger partial charge is 0.251 e. The van der Waals surface area contributed by atoms with Gasteiger partial charge < -0.3 is 4.43 Å². The number of hydrogen-bond acceptors (Lipinski definition) is 3. The van der Waals surface area contributed by atoms with Gasteiger partial charge in [-0.05, 0) is 76.2 Å². The number of rotatable bonds is 10. The molecular formula is C20H37Br2NO3Si. The Morgan fingerprint density at radius 2 is 1.78 bits per heavy atom. The quantitative estimate of drug-likeness (QED) is 0.179. The molecular weight excluding hydrogens is 490 g/mol. The van der Waals surface area contributed by atoms with E-state index in [9.17, 15) is 4.79 Å². The molecule has 0 fully saturated rings. The van der Waals surface area contributed by atoms with Crippen LogP contribution in [0.25, 0.3) is 0 Å². The molecule has 0 aromatic rings. The summed E-state index contributed by atoms with van der Waals surface area (Å²) in [4.78, 5) is 17.7. The monoisotopic (exact) mass is 525 g/mol. The summed E-state index contributed by atoms with van der Waals surface area (Å²) in [6, 6.07) is 0. The van der Waals surface area contributed by atoms with E-state index in [2.05, 4.69) is 84.8 Å². The maximum absolute atomic E-state index is 12.6. The highest BCUT2D eigenvalue weighted by atomic mass is 79.9. The van der Waals surface area contributed by atoms with E-state index in [0.717, 1.165) is 22.7 Å². The van der Waals surface area contributed by atoms with Crippen LogP contribution in [0.1, 0.15) is 53.9 Å². The molecule has 0 radical (unpaired) electrons. The van der Waals surface area contributed by atoms with Crippen molar-refractivity contribution in [1.29, 1.82) is 0 Å². The Morgan fingerprint density at radius 1 is 1.22 bits per heavy atom. The number of carbonyl (C=O) groups excluding carboxylic acids is 1. The molecule has 0 spiro atoms. The molecule has 0 rings (SSSR count). The fourth-order valence-corrected chi connectivity index (χ4v) is 4.13. The van der Waals surface area contributed by atoms with Crippen molar-refractivity contribution in [3.63, 3.8) is 0 Å². The zero-order chi connectivity index (χ0) is 21.4. The third kappa shape index (κ3) is 9.88. The van der Waals surface area contributed by atoms with Crippen molar-refractivity contribution in [1.82, 2.24) is 5.06 Å². The third-order valence-electron chi connectivity index (χ3n) is 5.35. The minimum atomic E-state index is -1.99. The van der Waals surface area contributed by atoms with Crippen molar-refractivity contribution in [2.24, 2.45) is 5.92 Å². The second-order valence-electron chi connectivity index (χ2n) is 8.54. The van der Waals surface area contributed by atoms with E-state index in [0.29, 0.717) is 0 Å². The second-order valence-corrected chi connectivity index (χ2v) is 16.1. The average molecular weight is 527 g/mol. The van der Waals surface area contributed by atoms with Crippen molar-refractivity contribution in [3.05, 3.63) is 21.1 Å². The Balaban J connectivity index is 5.30. The highest BCUT2D eigenvalue weighted by Crippen LogP contribution is 2.39. The first-order valence-electron chi connectivity index (χ1n) is 9.39. The van der Waals surface area contributed by atoms with Gasteiger partial charge in [0.2, 0.25) is 0 Å². The highest BCUT2D eigenvalue weighted by molar-refractivity contribution is 9.28. The molecule has 0 aliphatic rings. The Hall–Kier alpha value is 0.0469. The van der Waals surface area contributed by atoms with Crippen LogP contribution in [-0.2, 0) is 14.1 Å². The number of hydrogen-bond donors (Lipinski definition) is 0. The fourth-order valence-electron chi connectivity index (χ4n) is 2.32. The van der Waals surface area contributed by atoms with Gasteiger partial charge in [-0.2, -0.15) is 0 Å². The molecule has 0 aliphatic carbocycles. The molecule has 1 amide bonds. The van der Waals surface area contributed by atoms with Gasteiger partial charge >= 0.3 is 0 Å². The van der Waals surface area contributed by atoms with E-state index in [4.69, 9.17) is 9.26 Å². The van der Waals surface area contributed by atoms with E-state index in [1.807, 2.05) is 6.92 Å². The van der Waals surface area contributed by atoms with Gasteiger partial charge in [0.25, 0.3) is 5.91 Å². The lowest BCUT2D eigenvalue weighted by Gasteiger charge is -2.41. The molecule has 0 aromatic heterocycles. The van der Waals surface area contributed by atoms with Gasteiger partial charge in [0.15, 0.2) is 8.32 Å². The Kier molecular flexibility index (Phi) is 11.9. The molecule has 27 heavy (non-hydrogen) atoms. The molecule has 0 N–H and O–H groups in total. The molecule has 4 nitrogen and oxygen atoms in total. The van der Waals surface area contributed by atoms with E-state index >= 15 is 0 Å². The van der Waals surface area contributed by atoms with Gasteiger partial charge in [0.1, 0.15) is 0 Å². The van der Waals surface area contributed by atoms with Crippen LogP contribution in [0.3, 0.4) is 0 Å². The predicted octanol–water partition coefficient (Wildman–Crippen LogP) is 6.78. The molecule has 0 saturated carbocycles. The standard InChI is InChI=1S/C20H37Br2NO3Si/c1-15(11-10-12-18(21)22)13-14-17(16(2)19(24)23(6)25-7)26-27(8,9)20(3,4)5/h11-12,16-17H,10,13-14H2,1-9H3/b15-11+/t16-,17+/m1/s1. The van der Waals surface area contributed by atoms with Gasteiger partial charge in [-0.25, -0.2) is 5.06 Å². The van der Waals surface area contributed by atoms with Crippen LogP contribution in [0.15, 0.2) is 21.1 Å². The lowest BCUT2D eigenvalue weighted by molar-refractivity contribution is -0.176. The molecule has 0 unspecified atom stereocenters. The second kappa shape index (κ2) is 11.9. The van der Waals surface area contributed by atoms with Gasteiger partial charge in [-0.15, -0.1) is 0 Å². The molecule has 2 atom stereocenters. The lowest BCUT2D eigenvalue weighted by atomic mass is 9.97. The van der Waals surface area contributed by atoms with Crippen LogP contribution in [0.5, 0.6) is 0 Å². The van der Waals surface area contributed by atoms with Crippen LogP contribution >= 0.6 is 31.9 Å².